The number of rotatable bonds is 6. The van der Waals surface area contributed by atoms with E-state index in [2.05, 4.69) is 10.3 Å². The number of amides is 1. The number of aryl methyl sites for hydroxylation is 2. The molecule has 0 radical (unpaired) electrons. The van der Waals surface area contributed by atoms with Crippen LogP contribution in [0.3, 0.4) is 0 Å². The van der Waals surface area contributed by atoms with Gasteiger partial charge in [-0.2, -0.15) is 0 Å². The van der Waals surface area contributed by atoms with Gasteiger partial charge in [-0.15, -0.1) is 0 Å². The van der Waals surface area contributed by atoms with Crippen molar-refractivity contribution in [3.63, 3.8) is 0 Å². The second kappa shape index (κ2) is 6.86. The van der Waals surface area contributed by atoms with E-state index in [0.717, 1.165) is 17.0 Å². The maximum Gasteiger partial charge on any atom is 0.220 e. The topological polar surface area (TPSA) is 75.4 Å². The molecular formula is C15H18N2O3. The Bertz CT molecular complexity index is 564. The summed E-state index contributed by atoms with van der Waals surface area (Å²) in [6.07, 6.45) is 0.749. The summed E-state index contributed by atoms with van der Waals surface area (Å²) in [4.78, 5) is 15.8. The van der Waals surface area contributed by atoms with E-state index < -0.39 is 0 Å². The molecule has 0 aliphatic heterocycles. The quantitative estimate of drug-likeness (QED) is 0.840. The molecule has 0 spiro atoms. The number of hydrogen-bond donors (Lipinski definition) is 2. The Morgan fingerprint density at radius 2 is 2.10 bits per heavy atom. The molecule has 0 aliphatic rings. The van der Waals surface area contributed by atoms with Gasteiger partial charge < -0.3 is 14.8 Å². The molecule has 2 N–H and O–H groups in total. The Balaban J connectivity index is 1.99. The smallest absolute Gasteiger partial charge is 0.220 e. The standard InChI is InChI=1S/C15H18N2O3/c1-11-15(12-5-3-2-4-6-12)20-14(17-11)8-7-13(19)16-9-10-18/h2-6,18H,7-10H2,1H3,(H,16,19). The van der Waals surface area contributed by atoms with Gasteiger partial charge in [-0.3, -0.25) is 4.79 Å². The van der Waals surface area contributed by atoms with Crippen molar-refractivity contribution in [3.05, 3.63) is 41.9 Å². The number of carbonyl (C=O) groups is 1. The zero-order valence-corrected chi connectivity index (χ0v) is 11.4. The number of carbonyl (C=O) groups excluding carboxylic acids is 1. The minimum absolute atomic E-state index is 0.0536. The van der Waals surface area contributed by atoms with Gasteiger partial charge in [-0.1, -0.05) is 30.3 Å². The number of aliphatic hydroxyl groups excluding tert-OH is 1. The van der Waals surface area contributed by atoms with Gasteiger partial charge in [0, 0.05) is 24.9 Å². The van der Waals surface area contributed by atoms with Gasteiger partial charge in [-0.05, 0) is 6.92 Å². The second-order valence-electron chi connectivity index (χ2n) is 4.46. The van der Waals surface area contributed by atoms with Crippen LogP contribution in [0.5, 0.6) is 0 Å². The highest BCUT2D eigenvalue weighted by atomic mass is 16.4. The molecule has 0 fully saturated rings. The zero-order valence-electron chi connectivity index (χ0n) is 11.4. The van der Waals surface area contributed by atoms with Crippen molar-refractivity contribution >= 4 is 5.91 Å². The van der Waals surface area contributed by atoms with Gasteiger partial charge in [0.15, 0.2) is 11.7 Å². The highest BCUT2D eigenvalue weighted by Crippen LogP contribution is 2.24. The summed E-state index contributed by atoms with van der Waals surface area (Å²) >= 11 is 0. The molecular weight excluding hydrogens is 256 g/mol. The summed E-state index contributed by atoms with van der Waals surface area (Å²) < 4.78 is 5.71. The fraction of sp³-hybridized carbons (Fsp3) is 0.333. The summed E-state index contributed by atoms with van der Waals surface area (Å²) in [5, 5.41) is 11.2. The highest BCUT2D eigenvalue weighted by molar-refractivity contribution is 5.76. The van der Waals surface area contributed by atoms with E-state index in [1.54, 1.807) is 0 Å². The van der Waals surface area contributed by atoms with Crippen molar-refractivity contribution in [1.82, 2.24) is 10.3 Å². The molecule has 0 saturated heterocycles. The lowest BCUT2D eigenvalue weighted by Crippen LogP contribution is -2.26. The molecule has 0 bridgehead atoms. The van der Waals surface area contributed by atoms with Crippen molar-refractivity contribution in [2.24, 2.45) is 0 Å². The Labute approximate surface area is 117 Å². The SMILES string of the molecule is Cc1nc(CCC(=O)NCCO)oc1-c1ccccc1. The van der Waals surface area contributed by atoms with Gasteiger partial charge in [0.25, 0.3) is 0 Å². The van der Waals surface area contributed by atoms with Gasteiger partial charge >= 0.3 is 0 Å². The first-order valence-corrected chi connectivity index (χ1v) is 6.60. The Hall–Kier alpha value is -2.14. The van der Waals surface area contributed by atoms with Crippen molar-refractivity contribution in [3.8, 4) is 11.3 Å². The minimum atomic E-state index is -0.115. The molecule has 2 rings (SSSR count). The van der Waals surface area contributed by atoms with Crippen LogP contribution in [-0.2, 0) is 11.2 Å². The third kappa shape index (κ3) is 3.68. The first-order chi connectivity index (χ1) is 9.70. The summed E-state index contributed by atoms with van der Waals surface area (Å²) in [6, 6.07) is 9.76. The molecule has 5 nitrogen and oxygen atoms in total. The van der Waals surface area contributed by atoms with Crippen LogP contribution in [0, 0.1) is 6.92 Å². The monoisotopic (exact) mass is 274 g/mol. The maximum absolute atomic E-state index is 11.4. The second-order valence-corrected chi connectivity index (χ2v) is 4.46. The summed E-state index contributed by atoms with van der Waals surface area (Å²) in [5.41, 5.74) is 1.80. The molecule has 5 heteroatoms. The van der Waals surface area contributed by atoms with Crippen LogP contribution in [0.15, 0.2) is 34.7 Å². The van der Waals surface area contributed by atoms with E-state index in [9.17, 15) is 4.79 Å². The molecule has 0 aliphatic carbocycles. The molecule has 2 aromatic rings. The molecule has 20 heavy (non-hydrogen) atoms. The molecule has 0 atom stereocenters. The summed E-state index contributed by atoms with van der Waals surface area (Å²) in [7, 11) is 0. The van der Waals surface area contributed by atoms with E-state index in [0.29, 0.717) is 18.7 Å². The number of aliphatic hydroxyl groups is 1. The molecule has 0 unspecified atom stereocenters. The van der Waals surface area contributed by atoms with Crippen LogP contribution in [0.25, 0.3) is 11.3 Å². The Morgan fingerprint density at radius 3 is 2.80 bits per heavy atom. The predicted octanol–water partition coefficient (Wildman–Crippen LogP) is 1.69. The number of oxazole rings is 1. The fourth-order valence-electron chi connectivity index (χ4n) is 1.92. The number of nitrogens with one attached hydrogen (secondary N) is 1. The van der Waals surface area contributed by atoms with E-state index >= 15 is 0 Å². The maximum atomic E-state index is 11.4. The van der Waals surface area contributed by atoms with Crippen LogP contribution in [0.4, 0.5) is 0 Å². The van der Waals surface area contributed by atoms with Gasteiger partial charge in [-0.25, -0.2) is 4.98 Å². The van der Waals surface area contributed by atoms with E-state index in [-0.39, 0.29) is 19.1 Å². The summed E-state index contributed by atoms with van der Waals surface area (Å²) in [5.74, 6) is 1.19. The third-order valence-electron chi connectivity index (χ3n) is 2.88. The van der Waals surface area contributed by atoms with E-state index in [1.807, 2.05) is 37.3 Å². The largest absolute Gasteiger partial charge is 0.440 e. The predicted molar refractivity (Wildman–Crippen MR) is 75.1 cm³/mol. The van der Waals surface area contributed by atoms with Crippen LogP contribution < -0.4 is 5.32 Å². The van der Waals surface area contributed by atoms with Crippen molar-refractivity contribution in [1.29, 1.82) is 0 Å². The number of hydrogen-bond acceptors (Lipinski definition) is 4. The molecule has 1 heterocycles. The Morgan fingerprint density at radius 1 is 1.35 bits per heavy atom. The molecule has 106 valence electrons. The average molecular weight is 274 g/mol. The van der Waals surface area contributed by atoms with Gasteiger partial charge in [0.2, 0.25) is 5.91 Å². The van der Waals surface area contributed by atoms with Crippen LogP contribution >= 0.6 is 0 Å². The molecule has 0 saturated carbocycles. The van der Waals surface area contributed by atoms with E-state index in [1.165, 1.54) is 0 Å². The van der Waals surface area contributed by atoms with E-state index in [4.69, 9.17) is 9.52 Å². The molecule has 1 aromatic carbocycles. The molecule has 1 aromatic heterocycles. The summed E-state index contributed by atoms with van der Waals surface area (Å²) in [6.45, 7) is 2.11. The lowest BCUT2D eigenvalue weighted by molar-refractivity contribution is -0.121. The zero-order chi connectivity index (χ0) is 14.4. The normalized spacial score (nSPS) is 10.5. The number of aromatic nitrogens is 1. The lowest BCUT2D eigenvalue weighted by atomic mass is 10.1. The lowest BCUT2D eigenvalue weighted by Gasteiger charge is -2.00. The van der Waals surface area contributed by atoms with Gasteiger partial charge in [0.1, 0.15) is 0 Å². The average Bonchev–Trinajstić information content (AvgIpc) is 2.85. The van der Waals surface area contributed by atoms with Crippen molar-refractivity contribution in [2.45, 2.75) is 19.8 Å². The van der Waals surface area contributed by atoms with Gasteiger partial charge in [0.05, 0.1) is 12.3 Å². The number of benzene rings is 1. The van der Waals surface area contributed by atoms with Crippen LogP contribution in [0.1, 0.15) is 18.0 Å². The third-order valence-corrected chi connectivity index (χ3v) is 2.88. The van der Waals surface area contributed by atoms with Crippen LogP contribution in [-0.4, -0.2) is 29.1 Å². The first-order valence-electron chi connectivity index (χ1n) is 6.60. The highest BCUT2D eigenvalue weighted by Gasteiger charge is 2.12. The number of nitrogens with zero attached hydrogens (tertiary/aromatic N) is 1. The van der Waals surface area contributed by atoms with Crippen LogP contribution in [0.2, 0.25) is 0 Å². The Kier molecular flexibility index (Phi) is 4.90. The minimum Gasteiger partial charge on any atom is -0.440 e. The molecule has 1 amide bonds. The van der Waals surface area contributed by atoms with Crippen molar-refractivity contribution in [2.75, 3.05) is 13.2 Å². The van der Waals surface area contributed by atoms with Crippen molar-refractivity contribution < 1.29 is 14.3 Å². The fourth-order valence-corrected chi connectivity index (χ4v) is 1.92. The first kappa shape index (κ1) is 14.3.